The number of pyridine rings is 1. The summed E-state index contributed by atoms with van der Waals surface area (Å²) in [5.41, 5.74) is 0.849. The predicted octanol–water partition coefficient (Wildman–Crippen LogP) is 3.21. The molecule has 1 heterocycles. The van der Waals surface area contributed by atoms with Crippen LogP contribution in [-0.4, -0.2) is 11.0 Å². The van der Waals surface area contributed by atoms with Crippen molar-refractivity contribution >= 4 is 17.6 Å². The van der Waals surface area contributed by atoms with Crippen LogP contribution in [0, 0.1) is 5.92 Å². The minimum Gasteiger partial charge on any atom is -0.461 e. The quantitative estimate of drug-likeness (QED) is 0.587. The van der Waals surface area contributed by atoms with E-state index >= 15 is 0 Å². The smallest absolute Gasteiger partial charge is 0.306 e. The van der Waals surface area contributed by atoms with Gasteiger partial charge in [0.15, 0.2) is 0 Å². The van der Waals surface area contributed by atoms with Gasteiger partial charge in [-0.1, -0.05) is 31.5 Å². The van der Waals surface area contributed by atoms with Gasteiger partial charge >= 0.3 is 5.97 Å². The van der Waals surface area contributed by atoms with Crippen molar-refractivity contribution in [2.45, 2.75) is 33.3 Å². The second-order valence-electron chi connectivity index (χ2n) is 4.08. The van der Waals surface area contributed by atoms with E-state index in [4.69, 9.17) is 16.3 Å². The van der Waals surface area contributed by atoms with Gasteiger partial charge in [0.2, 0.25) is 0 Å². The molecule has 0 amide bonds. The zero-order valence-electron chi connectivity index (χ0n) is 9.57. The highest BCUT2D eigenvalue weighted by molar-refractivity contribution is 6.29. The Morgan fingerprint density at radius 3 is 2.81 bits per heavy atom. The lowest BCUT2D eigenvalue weighted by molar-refractivity contribution is -0.145. The van der Waals surface area contributed by atoms with Crippen LogP contribution in [0.25, 0.3) is 0 Å². The van der Waals surface area contributed by atoms with Gasteiger partial charge in [-0.3, -0.25) is 4.79 Å². The fraction of sp³-hybridized carbons (Fsp3) is 0.500. The molecule has 0 aromatic carbocycles. The number of aromatic nitrogens is 1. The van der Waals surface area contributed by atoms with E-state index in [0.29, 0.717) is 17.5 Å². The number of hydrogen-bond donors (Lipinski definition) is 0. The van der Waals surface area contributed by atoms with Crippen LogP contribution in [0.4, 0.5) is 0 Å². The SMILES string of the molecule is CC(C)CCC(=O)OCc1ccc(Cl)nc1. The fourth-order valence-corrected chi connectivity index (χ4v) is 1.25. The summed E-state index contributed by atoms with van der Waals surface area (Å²) in [7, 11) is 0. The predicted molar refractivity (Wildman–Crippen MR) is 63.1 cm³/mol. The van der Waals surface area contributed by atoms with Crippen LogP contribution in [-0.2, 0) is 16.1 Å². The Labute approximate surface area is 101 Å². The Kier molecular flexibility index (Phi) is 5.26. The Morgan fingerprint density at radius 2 is 2.25 bits per heavy atom. The molecule has 3 nitrogen and oxygen atoms in total. The standard InChI is InChI=1S/C12H16ClNO2/c1-9(2)3-6-12(15)16-8-10-4-5-11(13)14-7-10/h4-5,7,9H,3,6,8H2,1-2H3. The minimum absolute atomic E-state index is 0.163. The summed E-state index contributed by atoms with van der Waals surface area (Å²) in [4.78, 5) is 15.2. The first kappa shape index (κ1) is 13.0. The van der Waals surface area contributed by atoms with Crippen LogP contribution in [0.15, 0.2) is 18.3 Å². The Morgan fingerprint density at radius 1 is 1.50 bits per heavy atom. The summed E-state index contributed by atoms with van der Waals surface area (Å²) < 4.78 is 5.10. The molecule has 88 valence electrons. The van der Waals surface area contributed by atoms with Gasteiger partial charge in [-0.15, -0.1) is 0 Å². The topological polar surface area (TPSA) is 39.2 Å². The third-order valence-electron chi connectivity index (χ3n) is 2.11. The second-order valence-corrected chi connectivity index (χ2v) is 4.47. The van der Waals surface area contributed by atoms with E-state index in [-0.39, 0.29) is 12.6 Å². The fourth-order valence-electron chi connectivity index (χ4n) is 1.13. The van der Waals surface area contributed by atoms with Crippen LogP contribution in [0.1, 0.15) is 32.3 Å². The lowest BCUT2D eigenvalue weighted by Crippen LogP contribution is -2.06. The first-order chi connectivity index (χ1) is 7.58. The number of hydrogen-bond acceptors (Lipinski definition) is 3. The molecule has 4 heteroatoms. The third kappa shape index (κ3) is 5.12. The lowest BCUT2D eigenvalue weighted by atomic mass is 10.1. The highest BCUT2D eigenvalue weighted by Crippen LogP contribution is 2.08. The van der Waals surface area contributed by atoms with E-state index in [1.165, 1.54) is 0 Å². The van der Waals surface area contributed by atoms with Gasteiger partial charge in [0.1, 0.15) is 11.8 Å². The molecular weight excluding hydrogens is 226 g/mol. The maximum absolute atomic E-state index is 11.3. The van der Waals surface area contributed by atoms with E-state index < -0.39 is 0 Å². The average Bonchev–Trinajstić information content (AvgIpc) is 2.25. The molecule has 0 unspecified atom stereocenters. The van der Waals surface area contributed by atoms with Crippen molar-refractivity contribution in [2.24, 2.45) is 5.92 Å². The molecule has 0 saturated carbocycles. The first-order valence-electron chi connectivity index (χ1n) is 5.34. The molecule has 1 aromatic heterocycles. The number of carbonyl (C=O) groups excluding carboxylic acids is 1. The summed E-state index contributed by atoms with van der Waals surface area (Å²) in [6.07, 6.45) is 2.94. The summed E-state index contributed by atoms with van der Waals surface area (Å²) in [5.74, 6) is 0.355. The molecule has 0 aliphatic rings. The van der Waals surface area contributed by atoms with E-state index in [9.17, 15) is 4.79 Å². The van der Waals surface area contributed by atoms with Gasteiger partial charge in [0.05, 0.1) is 0 Å². The normalized spacial score (nSPS) is 10.5. The summed E-state index contributed by atoms with van der Waals surface area (Å²) in [6.45, 7) is 4.42. The molecule has 0 saturated heterocycles. The first-order valence-corrected chi connectivity index (χ1v) is 5.72. The Balaban J connectivity index is 2.29. The van der Waals surface area contributed by atoms with Gasteiger partial charge in [-0.25, -0.2) is 4.98 Å². The average molecular weight is 242 g/mol. The monoisotopic (exact) mass is 241 g/mol. The van der Waals surface area contributed by atoms with Crippen LogP contribution >= 0.6 is 11.6 Å². The molecule has 16 heavy (non-hydrogen) atoms. The summed E-state index contributed by atoms with van der Waals surface area (Å²) in [5, 5.41) is 0.440. The lowest BCUT2D eigenvalue weighted by Gasteiger charge is -2.06. The molecule has 1 rings (SSSR count). The molecule has 0 radical (unpaired) electrons. The number of halogens is 1. The summed E-state index contributed by atoms with van der Waals surface area (Å²) in [6, 6.07) is 3.48. The number of esters is 1. The molecule has 0 spiro atoms. The van der Waals surface area contributed by atoms with Gasteiger partial charge in [-0.05, 0) is 18.4 Å². The van der Waals surface area contributed by atoms with Crippen molar-refractivity contribution in [1.82, 2.24) is 4.98 Å². The number of rotatable bonds is 5. The van der Waals surface area contributed by atoms with Crippen molar-refractivity contribution < 1.29 is 9.53 Å². The molecule has 0 bridgehead atoms. The van der Waals surface area contributed by atoms with E-state index in [0.717, 1.165) is 12.0 Å². The number of carbonyl (C=O) groups is 1. The number of nitrogens with zero attached hydrogens (tertiary/aromatic N) is 1. The van der Waals surface area contributed by atoms with Gasteiger partial charge < -0.3 is 4.74 Å². The third-order valence-corrected chi connectivity index (χ3v) is 2.34. The highest BCUT2D eigenvalue weighted by Gasteiger charge is 2.05. The molecular formula is C12H16ClNO2. The Hall–Kier alpha value is -1.09. The molecule has 0 fully saturated rings. The highest BCUT2D eigenvalue weighted by atomic mass is 35.5. The van der Waals surface area contributed by atoms with Crippen molar-refractivity contribution in [3.05, 3.63) is 29.0 Å². The van der Waals surface area contributed by atoms with Crippen LogP contribution in [0.2, 0.25) is 5.15 Å². The van der Waals surface area contributed by atoms with Crippen LogP contribution < -0.4 is 0 Å². The zero-order valence-corrected chi connectivity index (χ0v) is 10.3. The molecule has 1 aromatic rings. The minimum atomic E-state index is -0.163. The van der Waals surface area contributed by atoms with Gasteiger partial charge in [-0.2, -0.15) is 0 Å². The zero-order chi connectivity index (χ0) is 12.0. The van der Waals surface area contributed by atoms with Crippen LogP contribution in [0.3, 0.4) is 0 Å². The van der Waals surface area contributed by atoms with Gasteiger partial charge in [0.25, 0.3) is 0 Å². The van der Waals surface area contributed by atoms with E-state index in [1.54, 1.807) is 18.3 Å². The molecule has 0 N–H and O–H groups in total. The molecule has 0 atom stereocenters. The van der Waals surface area contributed by atoms with Crippen molar-refractivity contribution in [3.63, 3.8) is 0 Å². The molecule has 0 aliphatic carbocycles. The van der Waals surface area contributed by atoms with Crippen molar-refractivity contribution in [3.8, 4) is 0 Å². The van der Waals surface area contributed by atoms with E-state index in [1.807, 2.05) is 0 Å². The second kappa shape index (κ2) is 6.48. The maximum Gasteiger partial charge on any atom is 0.306 e. The largest absolute Gasteiger partial charge is 0.461 e. The Bertz CT molecular complexity index is 335. The number of ether oxygens (including phenoxy) is 1. The van der Waals surface area contributed by atoms with Crippen molar-refractivity contribution in [2.75, 3.05) is 0 Å². The van der Waals surface area contributed by atoms with Crippen molar-refractivity contribution in [1.29, 1.82) is 0 Å². The van der Waals surface area contributed by atoms with E-state index in [2.05, 4.69) is 18.8 Å². The summed E-state index contributed by atoms with van der Waals surface area (Å²) >= 11 is 5.64. The maximum atomic E-state index is 11.3. The van der Waals surface area contributed by atoms with Crippen LogP contribution in [0.5, 0.6) is 0 Å². The van der Waals surface area contributed by atoms with Gasteiger partial charge in [0, 0.05) is 18.2 Å². The molecule has 0 aliphatic heterocycles.